The molecule has 4 heteroatoms. The zero-order chi connectivity index (χ0) is 14.7. The van der Waals surface area contributed by atoms with E-state index in [2.05, 4.69) is 29.2 Å². The maximum absolute atomic E-state index is 12.8. The molecule has 3 rings (SSSR count). The van der Waals surface area contributed by atoms with E-state index in [1.54, 1.807) is 0 Å². The van der Waals surface area contributed by atoms with Crippen molar-refractivity contribution in [2.75, 3.05) is 19.6 Å². The number of piperidine rings is 1. The SMILES string of the molecule is N[C@@H]1CCCN(C(=O)[C@@H]2CCCN2Cc2ccccc2)C1. The summed E-state index contributed by atoms with van der Waals surface area (Å²) >= 11 is 0. The first-order valence-corrected chi connectivity index (χ1v) is 8.06. The first-order valence-electron chi connectivity index (χ1n) is 8.06. The summed E-state index contributed by atoms with van der Waals surface area (Å²) in [6, 6.07) is 10.6. The van der Waals surface area contributed by atoms with Gasteiger partial charge in [0.2, 0.25) is 5.91 Å². The van der Waals surface area contributed by atoms with Crippen LogP contribution in [0.15, 0.2) is 30.3 Å². The second-order valence-corrected chi connectivity index (χ2v) is 6.30. The summed E-state index contributed by atoms with van der Waals surface area (Å²) < 4.78 is 0. The quantitative estimate of drug-likeness (QED) is 0.918. The van der Waals surface area contributed by atoms with Crippen LogP contribution < -0.4 is 5.73 Å². The summed E-state index contributed by atoms with van der Waals surface area (Å²) in [5.41, 5.74) is 7.30. The third kappa shape index (κ3) is 3.44. The molecule has 0 aliphatic carbocycles. The highest BCUT2D eigenvalue weighted by atomic mass is 16.2. The Morgan fingerprint density at radius 2 is 1.90 bits per heavy atom. The zero-order valence-corrected chi connectivity index (χ0v) is 12.6. The number of nitrogens with zero attached hydrogens (tertiary/aromatic N) is 2. The van der Waals surface area contributed by atoms with E-state index >= 15 is 0 Å². The molecule has 4 nitrogen and oxygen atoms in total. The Balaban J connectivity index is 1.64. The van der Waals surface area contributed by atoms with Crippen LogP contribution in [-0.2, 0) is 11.3 Å². The first-order chi connectivity index (χ1) is 10.2. The van der Waals surface area contributed by atoms with Crippen molar-refractivity contribution in [3.05, 3.63) is 35.9 Å². The third-order valence-corrected chi connectivity index (χ3v) is 4.65. The number of nitrogens with two attached hydrogens (primary N) is 1. The molecule has 1 aromatic carbocycles. The van der Waals surface area contributed by atoms with E-state index in [0.29, 0.717) is 5.91 Å². The number of carbonyl (C=O) groups excluding carboxylic acids is 1. The van der Waals surface area contributed by atoms with Crippen molar-refractivity contribution < 1.29 is 4.79 Å². The lowest BCUT2D eigenvalue weighted by atomic mass is 10.0. The van der Waals surface area contributed by atoms with E-state index < -0.39 is 0 Å². The summed E-state index contributed by atoms with van der Waals surface area (Å²) in [6.07, 6.45) is 4.18. The molecule has 2 atom stereocenters. The topological polar surface area (TPSA) is 49.6 Å². The minimum Gasteiger partial charge on any atom is -0.340 e. The zero-order valence-electron chi connectivity index (χ0n) is 12.6. The van der Waals surface area contributed by atoms with Crippen molar-refractivity contribution in [2.45, 2.75) is 44.3 Å². The van der Waals surface area contributed by atoms with Crippen LogP contribution >= 0.6 is 0 Å². The molecule has 0 aromatic heterocycles. The fourth-order valence-corrected chi connectivity index (χ4v) is 3.53. The predicted octanol–water partition coefficient (Wildman–Crippen LogP) is 1.60. The van der Waals surface area contributed by atoms with Crippen molar-refractivity contribution in [1.29, 1.82) is 0 Å². The molecule has 114 valence electrons. The summed E-state index contributed by atoms with van der Waals surface area (Å²) in [5.74, 6) is 0.290. The normalized spacial score (nSPS) is 27.0. The lowest BCUT2D eigenvalue weighted by Crippen LogP contribution is -2.51. The molecule has 21 heavy (non-hydrogen) atoms. The van der Waals surface area contributed by atoms with Crippen LogP contribution in [0.25, 0.3) is 0 Å². The molecule has 2 heterocycles. The average Bonchev–Trinajstić information content (AvgIpc) is 2.95. The highest BCUT2D eigenvalue weighted by Gasteiger charge is 2.34. The van der Waals surface area contributed by atoms with Gasteiger partial charge in [0.15, 0.2) is 0 Å². The molecule has 2 aliphatic rings. The molecule has 0 radical (unpaired) electrons. The number of carbonyl (C=O) groups is 1. The Kier molecular flexibility index (Phi) is 4.56. The molecule has 2 fully saturated rings. The van der Waals surface area contributed by atoms with Crippen molar-refractivity contribution in [2.24, 2.45) is 5.73 Å². The Morgan fingerprint density at radius 1 is 1.14 bits per heavy atom. The smallest absolute Gasteiger partial charge is 0.239 e. The maximum Gasteiger partial charge on any atom is 0.239 e. The minimum atomic E-state index is 0.0514. The van der Waals surface area contributed by atoms with Gasteiger partial charge in [-0.1, -0.05) is 30.3 Å². The summed E-state index contributed by atoms with van der Waals surface area (Å²) in [5, 5.41) is 0. The van der Waals surface area contributed by atoms with Gasteiger partial charge in [-0.2, -0.15) is 0 Å². The summed E-state index contributed by atoms with van der Waals surface area (Å²) in [7, 11) is 0. The van der Waals surface area contributed by atoms with Gasteiger partial charge in [-0.05, 0) is 37.8 Å². The van der Waals surface area contributed by atoms with E-state index in [1.807, 2.05) is 11.0 Å². The van der Waals surface area contributed by atoms with Crippen LogP contribution in [0.3, 0.4) is 0 Å². The number of amides is 1. The van der Waals surface area contributed by atoms with Crippen molar-refractivity contribution >= 4 is 5.91 Å². The van der Waals surface area contributed by atoms with E-state index in [9.17, 15) is 4.79 Å². The van der Waals surface area contributed by atoms with Crippen molar-refractivity contribution in [1.82, 2.24) is 9.80 Å². The highest BCUT2D eigenvalue weighted by Crippen LogP contribution is 2.23. The molecule has 2 saturated heterocycles. The molecule has 2 N–H and O–H groups in total. The largest absolute Gasteiger partial charge is 0.340 e. The minimum absolute atomic E-state index is 0.0514. The fraction of sp³-hybridized carbons (Fsp3) is 0.588. The number of benzene rings is 1. The lowest BCUT2D eigenvalue weighted by molar-refractivity contribution is -0.137. The Labute approximate surface area is 126 Å². The van der Waals surface area contributed by atoms with Gasteiger partial charge in [0.1, 0.15) is 0 Å². The van der Waals surface area contributed by atoms with E-state index in [1.165, 1.54) is 5.56 Å². The predicted molar refractivity (Wildman–Crippen MR) is 83.7 cm³/mol. The van der Waals surface area contributed by atoms with Crippen LogP contribution in [0.5, 0.6) is 0 Å². The Morgan fingerprint density at radius 3 is 2.67 bits per heavy atom. The second kappa shape index (κ2) is 6.58. The monoisotopic (exact) mass is 287 g/mol. The molecule has 2 aliphatic heterocycles. The van der Waals surface area contributed by atoms with E-state index in [-0.39, 0.29) is 12.1 Å². The second-order valence-electron chi connectivity index (χ2n) is 6.30. The average molecular weight is 287 g/mol. The molecule has 0 spiro atoms. The number of hydrogen-bond acceptors (Lipinski definition) is 3. The van der Waals surface area contributed by atoms with E-state index in [4.69, 9.17) is 5.73 Å². The molecular weight excluding hydrogens is 262 g/mol. The molecule has 0 unspecified atom stereocenters. The molecule has 1 amide bonds. The molecule has 0 bridgehead atoms. The summed E-state index contributed by atoms with van der Waals surface area (Å²) in [4.78, 5) is 17.1. The fourth-order valence-electron chi connectivity index (χ4n) is 3.53. The van der Waals surface area contributed by atoms with Gasteiger partial charge in [0.25, 0.3) is 0 Å². The van der Waals surface area contributed by atoms with Crippen molar-refractivity contribution in [3.63, 3.8) is 0 Å². The van der Waals surface area contributed by atoms with Gasteiger partial charge in [0.05, 0.1) is 6.04 Å². The maximum atomic E-state index is 12.8. The van der Waals surface area contributed by atoms with Gasteiger partial charge in [-0.15, -0.1) is 0 Å². The molecular formula is C17H25N3O. The lowest BCUT2D eigenvalue weighted by Gasteiger charge is -2.35. The van der Waals surface area contributed by atoms with Gasteiger partial charge >= 0.3 is 0 Å². The Hall–Kier alpha value is -1.39. The number of hydrogen-bond donors (Lipinski definition) is 1. The molecule has 1 aromatic rings. The van der Waals surface area contributed by atoms with Crippen LogP contribution in [0.2, 0.25) is 0 Å². The van der Waals surface area contributed by atoms with Crippen LogP contribution in [-0.4, -0.2) is 47.4 Å². The van der Waals surface area contributed by atoms with Gasteiger partial charge in [-0.25, -0.2) is 0 Å². The van der Waals surface area contributed by atoms with E-state index in [0.717, 1.165) is 51.9 Å². The first kappa shape index (κ1) is 14.5. The third-order valence-electron chi connectivity index (χ3n) is 4.65. The van der Waals surface area contributed by atoms with Gasteiger partial charge in [-0.3, -0.25) is 9.69 Å². The number of likely N-dealkylation sites (tertiary alicyclic amines) is 2. The van der Waals surface area contributed by atoms with Crippen LogP contribution in [0, 0.1) is 0 Å². The van der Waals surface area contributed by atoms with Gasteiger partial charge < -0.3 is 10.6 Å². The van der Waals surface area contributed by atoms with Crippen molar-refractivity contribution in [3.8, 4) is 0 Å². The van der Waals surface area contributed by atoms with Crippen LogP contribution in [0.4, 0.5) is 0 Å². The van der Waals surface area contributed by atoms with Gasteiger partial charge in [0, 0.05) is 25.7 Å². The van der Waals surface area contributed by atoms with Crippen LogP contribution in [0.1, 0.15) is 31.2 Å². The standard InChI is InChI=1S/C17H25N3O/c18-15-8-4-11-20(13-15)17(21)16-9-5-10-19(16)12-14-6-2-1-3-7-14/h1-3,6-7,15-16H,4-5,8-13,18H2/t15-,16+/m1/s1. The highest BCUT2D eigenvalue weighted by molar-refractivity contribution is 5.82. The molecule has 0 saturated carbocycles. The summed E-state index contributed by atoms with van der Waals surface area (Å²) in [6.45, 7) is 3.50. The number of rotatable bonds is 3. The Bertz CT molecular complexity index is 476.